The third kappa shape index (κ3) is 1.56. The van der Waals surface area contributed by atoms with E-state index < -0.39 is 0 Å². The van der Waals surface area contributed by atoms with Crippen LogP contribution < -0.4 is 5.73 Å². The van der Waals surface area contributed by atoms with E-state index in [1.54, 1.807) is 6.07 Å². The summed E-state index contributed by atoms with van der Waals surface area (Å²) in [5.41, 5.74) is 6.21. The molecule has 0 amide bonds. The molecule has 0 radical (unpaired) electrons. The smallest absolute Gasteiger partial charge is 0.127 e. The van der Waals surface area contributed by atoms with Gasteiger partial charge in [0, 0.05) is 5.41 Å². The zero-order chi connectivity index (χ0) is 10.9. The Labute approximate surface area is 89.2 Å². The van der Waals surface area contributed by atoms with E-state index in [0.29, 0.717) is 19.8 Å². The Bertz CT molecular complexity index is 349. The molecule has 3 heteroatoms. The Hall–Kier alpha value is -0.930. The summed E-state index contributed by atoms with van der Waals surface area (Å²) in [6.07, 6.45) is 0. The number of rotatable bonds is 3. The van der Waals surface area contributed by atoms with Crippen molar-refractivity contribution in [2.24, 2.45) is 11.7 Å². The largest absolute Gasteiger partial charge is 0.379 e. The molecule has 0 saturated carbocycles. The maximum atomic E-state index is 13.7. The van der Waals surface area contributed by atoms with Crippen molar-refractivity contribution in [3.63, 3.8) is 0 Å². The van der Waals surface area contributed by atoms with Gasteiger partial charge in [0.1, 0.15) is 5.82 Å². The number of ether oxygens (including phenoxy) is 1. The minimum absolute atomic E-state index is 0.152. The maximum absolute atomic E-state index is 13.7. The SMILES string of the molecule is CC(CN)C1(c2ccccc2F)COC1. The molecule has 1 aliphatic rings. The fraction of sp³-hybridized carbons (Fsp3) is 0.500. The van der Waals surface area contributed by atoms with Crippen LogP contribution in [0.15, 0.2) is 24.3 Å². The van der Waals surface area contributed by atoms with E-state index in [1.165, 1.54) is 6.07 Å². The Balaban J connectivity index is 2.38. The van der Waals surface area contributed by atoms with E-state index in [1.807, 2.05) is 12.1 Å². The number of benzene rings is 1. The number of halogens is 1. The van der Waals surface area contributed by atoms with Crippen molar-refractivity contribution < 1.29 is 9.13 Å². The fourth-order valence-corrected chi connectivity index (χ4v) is 2.12. The zero-order valence-electron chi connectivity index (χ0n) is 8.87. The molecule has 1 heterocycles. The highest BCUT2D eigenvalue weighted by atomic mass is 19.1. The third-order valence-electron chi connectivity index (χ3n) is 3.43. The second kappa shape index (κ2) is 3.91. The monoisotopic (exact) mass is 209 g/mol. The van der Waals surface area contributed by atoms with Gasteiger partial charge in [-0.3, -0.25) is 0 Å². The van der Waals surface area contributed by atoms with Crippen LogP contribution in [0.5, 0.6) is 0 Å². The lowest BCUT2D eigenvalue weighted by atomic mass is 9.69. The summed E-state index contributed by atoms with van der Waals surface area (Å²) in [6, 6.07) is 6.91. The second-order valence-electron chi connectivity index (χ2n) is 4.27. The van der Waals surface area contributed by atoms with Crippen molar-refractivity contribution in [1.29, 1.82) is 0 Å². The van der Waals surface area contributed by atoms with Crippen LogP contribution in [-0.2, 0) is 10.2 Å². The molecule has 2 N–H and O–H groups in total. The molecule has 0 spiro atoms. The Kier molecular flexibility index (Phi) is 2.76. The first kappa shape index (κ1) is 10.6. The quantitative estimate of drug-likeness (QED) is 0.822. The van der Waals surface area contributed by atoms with Crippen LogP contribution in [0, 0.1) is 11.7 Å². The molecule has 0 aromatic heterocycles. The summed E-state index contributed by atoms with van der Waals surface area (Å²) in [5, 5.41) is 0. The van der Waals surface area contributed by atoms with Crippen molar-refractivity contribution in [2.45, 2.75) is 12.3 Å². The lowest BCUT2D eigenvalue weighted by Crippen LogP contribution is -2.54. The molecule has 1 atom stereocenters. The molecule has 1 saturated heterocycles. The standard InChI is InChI=1S/C12H16FNO/c1-9(6-14)12(7-15-8-12)10-4-2-3-5-11(10)13/h2-5,9H,6-8,14H2,1H3. The van der Waals surface area contributed by atoms with Crippen LogP contribution in [0.1, 0.15) is 12.5 Å². The van der Waals surface area contributed by atoms with Crippen molar-refractivity contribution in [3.8, 4) is 0 Å². The Morgan fingerprint density at radius 2 is 2.13 bits per heavy atom. The van der Waals surface area contributed by atoms with Gasteiger partial charge in [0.15, 0.2) is 0 Å². The lowest BCUT2D eigenvalue weighted by molar-refractivity contribution is -0.0869. The van der Waals surface area contributed by atoms with E-state index >= 15 is 0 Å². The predicted octanol–water partition coefficient (Wildman–Crippen LogP) is 1.69. The summed E-state index contributed by atoms with van der Waals surface area (Å²) in [5.74, 6) is 0.0873. The average Bonchev–Trinajstić information content (AvgIpc) is 2.19. The van der Waals surface area contributed by atoms with Crippen molar-refractivity contribution >= 4 is 0 Å². The van der Waals surface area contributed by atoms with Gasteiger partial charge < -0.3 is 10.5 Å². The molecule has 1 aromatic rings. The van der Waals surface area contributed by atoms with Crippen LogP contribution in [0.3, 0.4) is 0 Å². The zero-order valence-corrected chi connectivity index (χ0v) is 8.87. The van der Waals surface area contributed by atoms with Crippen LogP contribution >= 0.6 is 0 Å². The summed E-state index contributed by atoms with van der Waals surface area (Å²) < 4.78 is 19.0. The molecule has 15 heavy (non-hydrogen) atoms. The molecule has 1 unspecified atom stereocenters. The molecular formula is C12H16FNO. The first-order valence-electron chi connectivity index (χ1n) is 5.23. The van der Waals surface area contributed by atoms with Gasteiger partial charge >= 0.3 is 0 Å². The highest BCUT2D eigenvalue weighted by Gasteiger charge is 2.45. The van der Waals surface area contributed by atoms with E-state index in [9.17, 15) is 4.39 Å². The number of nitrogens with two attached hydrogens (primary N) is 1. The van der Waals surface area contributed by atoms with Crippen molar-refractivity contribution in [1.82, 2.24) is 0 Å². The minimum atomic E-state index is -0.208. The predicted molar refractivity (Wildman–Crippen MR) is 57.1 cm³/mol. The van der Waals surface area contributed by atoms with Crippen LogP contribution in [-0.4, -0.2) is 19.8 Å². The number of hydrogen-bond acceptors (Lipinski definition) is 2. The second-order valence-corrected chi connectivity index (χ2v) is 4.27. The maximum Gasteiger partial charge on any atom is 0.127 e. The fourth-order valence-electron chi connectivity index (χ4n) is 2.12. The Morgan fingerprint density at radius 3 is 2.60 bits per heavy atom. The van der Waals surface area contributed by atoms with Crippen LogP contribution in [0.2, 0.25) is 0 Å². The molecule has 1 aromatic carbocycles. The van der Waals surface area contributed by atoms with Gasteiger partial charge in [0.2, 0.25) is 0 Å². The third-order valence-corrected chi connectivity index (χ3v) is 3.43. The highest BCUT2D eigenvalue weighted by Crippen LogP contribution is 2.40. The van der Waals surface area contributed by atoms with Gasteiger partial charge in [0.05, 0.1) is 13.2 Å². The molecular weight excluding hydrogens is 193 g/mol. The van der Waals surface area contributed by atoms with Gasteiger partial charge in [-0.1, -0.05) is 25.1 Å². The lowest BCUT2D eigenvalue weighted by Gasteiger charge is -2.46. The van der Waals surface area contributed by atoms with Crippen molar-refractivity contribution in [2.75, 3.05) is 19.8 Å². The molecule has 82 valence electrons. The normalized spacial score (nSPS) is 20.7. The van der Waals surface area contributed by atoms with Crippen LogP contribution in [0.4, 0.5) is 4.39 Å². The Morgan fingerprint density at radius 1 is 1.47 bits per heavy atom. The number of hydrogen-bond donors (Lipinski definition) is 1. The molecule has 1 fully saturated rings. The first-order chi connectivity index (χ1) is 7.20. The van der Waals surface area contributed by atoms with Gasteiger partial charge in [-0.05, 0) is 24.1 Å². The summed E-state index contributed by atoms with van der Waals surface area (Å²) in [7, 11) is 0. The highest BCUT2D eigenvalue weighted by molar-refractivity contribution is 5.30. The van der Waals surface area contributed by atoms with Gasteiger partial charge in [-0.2, -0.15) is 0 Å². The van der Waals surface area contributed by atoms with Crippen LogP contribution in [0.25, 0.3) is 0 Å². The molecule has 0 bridgehead atoms. The minimum Gasteiger partial charge on any atom is -0.379 e. The van der Waals surface area contributed by atoms with Gasteiger partial charge in [-0.15, -0.1) is 0 Å². The summed E-state index contributed by atoms with van der Waals surface area (Å²) in [6.45, 7) is 3.76. The topological polar surface area (TPSA) is 35.2 Å². The van der Waals surface area contributed by atoms with E-state index in [0.717, 1.165) is 5.56 Å². The van der Waals surface area contributed by atoms with Gasteiger partial charge in [0.25, 0.3) is 0 Å². The molecule has 2 nitrogen and oxygen atoms in total. The first-order valence-corrected chi connectivity index (χ1v) is 5.23. The average molecular weight is 209 g/mol. The molecule has 1 aliphatic heterocycles. The summed E-state index contributed by atoms with van der Waals surface area (Å²) >= 11 is 0. The molecule has 0 aliphatic carbocycles. The summed E-state index contributed by atoms with van der Waals surface area (Å²) in [4.78, 5) is 0. The molecule has 2 rings (SSSR count). The van der Waals surface area contributed by atoms with E-state index in [-0.39, 0.29) is 17.2 Å². The van der Waals surface area contributed by atoms with E-state index in [4.69, 9.17) is 10.5 Å². The van der Waals surface area contributed by atoms with Gasteiger partial charge in [-0.25, -0.2) is 4.39 Å². The van der Waals surface area contributed by atoms with Crippen molar-refractivity contribution in [3.05, 3.63) is 35.6 Å². The van der Waals surface area contributed by atoms with E-state index in [2.05, 4.69) is 6.92 Å².